The average molecular weight is 315 g/mol. The van der Waals surface area contributed by atoms with Crippen LogP contribution in [0, 0.1) is 0 Å². The second-order valence-corrected chi connectivity index (χ2v) is 6.30. The van der Waals surface area contributed by atoms with Gasteiger partial charge in [0.15, 0.2) is 0 Å². The molecule has 0 saturated carbocycles. The molecule has 3 heterocycles. The molecule has 122 valence electrons. The number of aryl methyl sites for hydroxylation is 2. The van der Waals surface area contributed by atoms with Gasteiger partial charge in [-0.15, -0.1) is 0 Å². The highest BCUT2D eigenvalue weighted by molar-refractivity contribution is 5.92. The maximum Gasteiger partial charge on any atom is 0.272 e. The smallest absolute Gasteiger partial charge is 0.272 e. The van der Waals surface area contributed by atoms with E-state index in [9.17, 15) is 9.59 Å². The van der Waals surface area contributed by atoms with Crippen molar-refractivity contribution in [3.8, 4) is 0 Å². The standard InChI is InChI=1S/C16H21N5O2/c1-10(2)12-7-14(20(4)18-12)16(23)21-6-5-11-13(8-21)17-9-19(3)15(11)22/h7,9-10H,5-6,8H2,1-4H3. The molecule has 0 aliphatic carbocycles. The molecular weight excluding hydrogens is 294 g/mol. The van der Waals surface area contributed by atoms with Gasteiger partial charge in [-0.2, -0.15) is 5.10 Å². The molecule has 2 aromatic rings. The van der Waals surface area contributed by atoms with Crippen molar-refractivity contribution in [3.05, 3.63) is 45.4 Å². The molecule has 0 saturated heterocycles. The lowest BCUT2D eigenvalue weighted by atomic mass is 10.1. The number of fused-ring (bicyclic) bond motifs is 1. The van der Waals surface area contributed by atoms with E-state index in [-0.39, 0.29) is 17.4 Å². The zero-order chi connectivity index (χ0) is 16.7. The van der Waals surface area contributed by atoms with Crippen molar-refractivity contribution in [1.82, 2.24) is 24.2 Å². The average Bonchev–Trinajstić information content (AvgIpc) is 2.92. The molecule has 1 amide bonds. The molecule has 0 bridgehead atoms. The van der Waals surface area contributed by atoms with Crippen molar-refractivity contribution in [2.45, 2.75) is 32.7 Å². The Bertz CT molecular complexity index is 818. The van der Waals surface area contributed by atoms with Crippen LogP contribution in [0.25, 0.3) is 0 Å². The predicted octanol–water partition coefficient (Wildman–Crippen LogP) is 0.836. The van der Waals surface area contributed by atoms with Crippen LogP contribution in [0.2, 0.25) is 0 Å². The van der Waals surface area contributed by atoms with Gasteiger partial charge in [0.25, 0.3) is 11.5 Å². The van der Waals surface area contributed by atoms with Crippen LogP contribution in [-0.2, 0) is 27.1 Å². The molecule has 3 rings (SSSR count). The Kier molecular flexibility index (Phi) is 3.79. The Hall–Kier alpha value is -2.44. The summed E-state index contributed by atoms with van der Waals surface area (Å²) < 4.78 is 3.11. The second-order valence-electron chi connectivity index (χ2n) is 6.30. The van der Waals surface area contributed by atoms with Crippen LogP contribution < -0.4 is 5.56 Å². The van der Waals surface area contributed by atoms with Gasteiger partial charge in [-0.3, -0.25) is 14.3 Å². The highest BCUT2D eigenvalue weighted by atomic mass is 16.2. The number of aromatic nitrogens is 4. The summed E-state index contributed by atoms with van der Waals surface area (Å²) in [7, 11) is 3.47. The number of rotatable bonds is 2. The van der Waals surface area contributed by atoms with Crippen molar-refractivity contribution in [2.75, 3.05) is 6.54 Å². The van der Waals surface area contributed by atoms with Crippen LogP contribution in [0.15, 0.2) is 17.2 Å². The van der Waals surface area contributed by atoms with Crippen LogP contribution in [-0.4, -0.2) is 36.7 Å². The molecule has 23 heavy (non-hydrogen) atoms. The molecular formula is C16H21N5O2. The minimum atomic E-state index is -0.0694. The lowest BCUT2D eigenvalue weighted by Crippen LogP contribution is -2.40. The number of amides is 1. The molecule has 0 N–H and O–H groups in total. The highest BCUT2D eigenvalue weighted by Crippen LogP contribution is 2.19. The highest BCUT2D eigenvalue weighted by Gasteiger charge is 2.27. The summed E-state index contributed by atoms with van der Waals surface area (Å²) in [4.78, 5) is 30.9. The predicted molar refractivity (Wildman–Crippen MR) is 85.2 cm³/mol. The summed E-state index contributed by atoms with van der Waals surface area (Å²) >= 11 is 0. The number of carbonyl (C=O) groups excluding carboxylic acids is 1. The Morgan fingerprint density at radius 1 is 1.30 bits per heavy atom. The van der Waals surface area contributed by atoms with E-state index in [2.05, 4.69) is 10.1 Å². The van der Waals surface area contributed by atoms with Gasteiger partial charge in [-0.1, -0.05) is 13.8 Å². The van der Waals surface area contributed by atoms with Gasteiger partial charge < -0.3 is 9.47 Å². The number of nitrogens with zero attached hydrogens (tertiary/aromatic N) is 5. The molecule has 0 atom stereocenters. The van der Waals surface area contributed by atoms with E-state index >= 15 is 0 Å². The van der Waals surface area contributed by atoms with Gasteiger partial charge in [0, 0.05) is 26.2 Å². The first-order valence-corrected chi connectivity index (χ1v) is 7.75. The maximum absolute atomic E-state index is 12.8. The zero-order valence-corrected chi connectivity index (χ0v) is 13.9. The molecule has 7 nitrogen and oxygen atoms in total. The SMILES string of the molecule is CC(C)c1cc(C(=O)N2CCc3c(ncn(C)c3=O)C2)n(C)n1. The van der Waals surface area contributed by atoms with Gasteiger partial charge >= 0.3 is 0 Å². The molecule has 2 aromatic heterocycles. The molecule has 7 heteroatoms. The Balaban J connectivity index is 1.88. The lowest BCUT2D eigenvalue weighted by molar-refractivity contribution is 0.0720. The van der Waals surface area contributed by atoms with E-state index in [1.807, 2.05) is 19.9 Å². The summed E-state index contributed by atoms with van der Waals surface area (Å²) in [5.74, 6) is 0.203. The van der Waals surface area contributed by atoms with Gasteiger partial charge in [-0.05, 0) is 18.4 Å². The fourth-order valence-electron chi connectivity index (χ4n) is 2.82. The number of carbonyl (C=O) groups is 1. The van der Waals surface area contributed by atoms with Crippen molar-refractivity contribution in [3.63, 3.8) is 0 Å². The molecule has 0 spiro atoms. The molecule has 1 aliphatic heterocycles. The summed E-state index contributed by atoms with van der Waals surface area (Å²) in [5.41, 5.74) is 2.86. The first-order valence-electron chi connectivity index (χ1n) is 7.75. The molecule has 0 unspecified atom stereocenters. The van der Waals surface area contributed by atoms with E-state index in [0.717, 1.165) is 5.69 Å². The fourth-order valence-corrected chi connectivity index (χ4v) is 2.82. The first-order chi connectivity index (χ1) is 10.9. The summed E-state index contributed by atoms with van der Waals surface area (Å²) in [6.45, 7) is 4.99. The third kappa shape index (κ3) is 2.67. The monoisotopic (exact) mass is 315 g/mol. The largest absolute Gasteiger partial charge is 0.331 e. The summed E-state index contributed by atoms with van der Waals surface area (Å²) in [6.07, 6.45) is 2.05. The first kappa shape index (κ1) is 15.5. The molecule has 0 fully saturated rings. The topological polar surface area (TPSA) is 73.0 Å². The van der Waals surface area contributed by atoms with Crippen LogP contribution in [0.4, 0.5) is 0 Å². The van der Waals surface area contributed by atoms with Gasteiger partial charge in [0.1, 0.15) is 5.69 Å². The third-order valence-electron chi connectivity index (χ3n) is 4.28. The van der Waals surface area contributed by atoms with Crippen molar-refractivity contribution in [1.29, 1.82) is 0 Å². The minimum absolute atomic E-state index is 0.0234. The van der Waals surface area contributed by atoms with E-state index in [1.54, 1.807) is 23.7 Å². The van der Waals surface area contributed by atoms with Crippen molar-refractivity contribution < 1.29 is 4.79 Å². The molecule has 0 radical (unpaired) electrons. The quantitative estimate of drug-likeness (QED) is 0.823. The summed E-state index contributed by atoms with van der Waals surface area (Å²) in [5, 5.41) is 4.40. The van der Waals surface area contributed by atoms with E-state index < -0.39 is 0 Å². The Morgan fingerprint density at radius 2 is 2.04 bits per heavy atom. The zero-order valence-electron chi connectivity index (χ0n) is 13.9. The number of hydrogen-bond donors (Lipinski definition) is 0. The minimum Gasteiger partial charge on any atom is -0.331 e. The maximum atomic E-state index is 12.8. The van der Waals surface area contributed by atoms with Crippen LogP contribution >= 0.6 is 0 Å². The van der Waals surface area contributed by atoms with Crippen LogP contribution in [0.3, 0.4) is 0 Å². The normalized spacial score (nSPS) is 14.2. The number of hydrogen-bond acceptors (Lipinski definition) is 4. The molecule has 1 aliphatic rings. The van der Waals surface area contributed by atoms with Gasteiger partial charge in [-0.25, -0.2) is 4.98 Å². The van der Waals surface area contributed by atoms with Crippen LogP contribution in [0.5, 0.6) is 0 Å². The van der Waals surface area contributed by atoms with E-state index in [4.69, 9.17) is 0 Å². The van der Waals surface area contributed by atoms with Gasteiger partial charge in [0.05, 0.1) is 24.3 Å². The van der Waals surface area contributed by atoms with Crippen LogP contribution in [0.1, 0.15) is 47.2 Å². The Labute approximate surface area is 134 Å². The second kappa shape index (κ2) is 5.64. The fraction of sp³-hybridized carbons (Fsp3) is 0.500. The van der Waals surface area contributed by atoms with E-state index in [0.29, 0.717) is 36.5 Å². The van der Waals surface area contributed by atoms with Crippen molar-refractivity contribution >= 4 is 5.91 Å². The van der Waals surface area contributed by atoms with Crippen molar-refractivity contribution in [2.24, 2.45) is 14.1 Å². The van der Waals surface area contributed by atoms with E-state index in [1.165, 1.54) is 10.9 Å². The Morgan fingerprint density at radius 3 is 2.70 bits per heavy atom. The van der Waals surface area contributed by atoms with Gasteiger partial charge in [0.2, 0.25) is 0 Å². The lowest BCUT2D eigenvalue weighted by Gasteiger charge is -2.27. The summed E-state index contributed by atoms with van der Waals surface area (Å²) in [6, 6.07) is 1.85. The third-order valence-corrected chi connectivity index (χ3v) is 4.28. The molecule has 0 aromatic carbocycles.